The molecule has 0 spiro atoms. The second kappa shape index (κ2) is 7.01. The van der Waals surface area contributed by atoms with Crippen LogP contribution in [0.1, 0.15) is 22.3 Å². The largest absolute Gasteiger partial charge is 0.283 e. The molecule has 1 amide bonds. The zero-order valence-corrected chi connectivity index (χ0v) is 14.9. The third-order valence-electron chi connectivity index (χ3n) is 3.97. The van der Waals surface area contributed by atoms with Gasteiger partial charge < -0.3 is 0 Å². The van der Waals surface area contributed by atoms with E-state index < -0.39 is 0 Å². The fraction of sp³-hybridized carbons (Fsp3) is 0.167. The highest BCUT2D eigenvalue weighted by atomic mass is 32.1. The van der Waals surface area contributed by atoms with Gasteiger partial charge in [-0.15, -0.1) is 15.3 Å². The molecule has 2 aromatic heterocycles. The second-order valence-electron chi connectivity index (χ2n) is 5.63. The Morgan fingerprint density at radius 1 is 1.04 bits per heavy atom. The lowest BCUT2D eigenvalue weighted by molar-refractivity contribution is 0.0988. The Morgan fingerprint density at radius 3 is 2.62 bits per heavy atom. The van der Waals surface area contributed by atoms with Crippen LogP contribution in [0.15, 0.2) is 54.6 Å². The van der Waals surface area contributed by atoms with Crippen LogP contribution in [0.5, 0.6) is 0 Å². The number of carbonyl (C=O) groups excluding carboxylic acids is 1. The number of anilines is 1. The smallest absolute Gasteiger partial charge is 0.260 e. The highest BCUT2D eigenvalue weighted by molar-refractivity contribution is 7.15. The third-order valence-corrected chi connectivity index (χ3v) is 4.91. The molecule has 8 heteroatoms. The summed E-state index contributed by atoms with van der Waals surface area (Å²) in [5.41, 5.74) is 2.41. The van der Waals surface area contributed by atoms with E-state index in [2.05, 4.69) is 20.5 Å². The van der Waals surface area contributed by atoms with Gasteiger partial charge in [0, 0.05) is 12.1 Å². The number of hydrogen-bond donors (Lipinski definition) is 0. The molecule has 2 aromatic carbocycles. The predicted octanol–water partition coefficient (Wildman–Crippen LogP) is 3.00. The molecule has 0 saturated heterocycles. The average molecular weight is 364 g/mol. The number of aromatic nitrogens is 5. The van der Waals surface area contributed by atoms with E-state index >= 15 is 0 Å². The van der Waals surface area contributed by atoms with E-state index in [1.54, 1.807) is 21.7 Å². The standard InChI is InChI=1S/C18H16N6OS/c1-2-23(17(25)13-8-4-3-5-9-13)18-21-20-16(26-18)12-24-15-11-7-6-10-14(15)19-22-24/h3-11H,2,12H2,1H3. The van der Waals surface area contributed by atoms with Gasteiger partial charge in [0.15, 0.2) is 0 Å². The van der Waals surface area contributed by atoms with E-state index in [0.29, 0.717) is 23.8 Å². The molecule has 0 N–H and O–H groups in total. The Hall–Kier alpha value is -3.13. The summed E-state index contributed by atoms with van der Waals surface area (Å²) in [7, 11) is 0. The first kappa shape index (κ1) is 16.3. The lowest BCUT2D eigenvalue weighted by Crippen LogP contribution is -2.30. The topological polar surface area (TPSA) is 76.8 Å². The van der Waals surface area contributed by atoms with E-state index in [4.69, 9.17) is 0 Å². The minimum atomic E-state index is -0.0815. The van der Waals surface area contributed by atoms with Gasteiger partial charge >= 0.3 is 0 Å². The van der Waals surface area contributed by atoms with Crippen molar-refractivity contribution in [3.05, 3.63) is 65.2 Å². The summed E-state index contributed by atoms with van der Waals surface area (Å²) in [5.74, 6) is -0.0815. The number of para-hydroxylation sites is 1. The van der Waals surface area contributed by atoms with Gasteiger partial charge in [0.25, 0.3) is 5.91 Å². The van der Waals surface area contributed by atoms with Gasteiger partial charge in [-0.25, -0.2) is 4.68 Å². The molecule has 0 atom stereocenters. The third kappa shape index (κ3) is 3.06. The zero-order chi connectivity index (χ0) is 17.9. The molecule has 26 heavy (non-hydrogen) atoms. The summed E-state index contributed by atoms with van der Waals surface area (Å²) in [6.07, 6.45) is 0. The van der Waals surface area contributed by atoms with Crippen LogP contribution < -0.4 is 4.90 Å². The first-order valence-electron chi connectivity index (χ1n) is 8.24. The number of amides is 1. The van der Waals surface area contributed by atoms with Gasteiger partial charge in [0.1, 0.15) is 10.5 Å². The van der Waals surface area contributed by atoms with Crippen molar-refractivity contribution in [3.8, 4) is 0 Å². The number of fused-ring (bicyclic) bond motifs is 1. The van der Waals surface area contributed by atoms with E-state index in [-0.39, 0.29) is 5.91 Å². The number of rotatable bonds is 5. The summed E-state index contributed by atoms with van der Waals surface area (Å²) in [4.78, 5) is 14.3. The van der Waals surface area contributed by atoms with Gasteiger partial charge in [-0.1, -0.05) is 46.9 Å². The van der Waals surface area contributed by atoms with Crippen LogP contribution in [0.3, 0.4) is 0 Å². The summed E-state index contributed by atoms with van der Waals surface area (Å²) < 4.78 is 1.79. The number of carbonyl (C=O) groups is 1. The molecule has 0 aliphatic heterocycles. The molecule has 0 unspecified atom stereocenters. The molecular weight excluding hydrogens is 348 g/mol. The van der Waals surface area contributed by atoms with E-state index in [9.17, 15) is 4.79 Å². The minimum Gasteiger partial charge on any atom is -0.283 e. The fourth-order valence-corrected chi connectivity index (χ4v) is 3.57. The minimum absolute atomic E-state index is 0.0815. The number of hydrogen-bond acceptors (Lipinski definition) is 6. The monoisotopic (exact) mass is 364 g/mol. The molecule has 7 nitrogen and oxygen atoms in total. The normalized spacial score (nSPS) is 11.0. The number of nitrogens with zero attached hydrogens (tertiary/aromatic N) is 6. The van der Waals surface area contributed by atoms with Crippen LogP contribution in [0.2, 0.25) is 0 Å². The van der Waals surface area contributed by atoms with Gasteiger partial charge in [-0.05, 0) is 31.2 Å². The zero-order valence-electron chi connectivity index (χ0n) is 14.1. The van der Waals surface area contributed by atoms with Crippen LogP contribution in [-0.4, -0.2) is 37.6 Å². The number of benzene rings is 2. The van der Waals surface area contributed by atoms with Crippen molar-refractivity contribution in [2.45, 2.75) is 13.5 Å². The molecule has 0 aliphatic rings. The van der Waals surface area contributed by atoms with Crippen LogP contribution in [0, 0.1) is 0 Å². The fourth-order valence-electron chi connectivity index (χ4n) is 2.68. The predicted molar refractivity (Wildman–Crippen MR) is 100 cm³/mol. The van der Waals surface area contributed by atoms with E-state index in [1.165, 1.54) is 11.3 Å². The Bertz CT molecular complexity index is 1040. The summed E-state index contributed by atoms with van der Waals surface area (Å²) >= 11 is 1.39. The second-order valence-corrected chi connectivity index (χ2v) is 6.67. The molecule has 0 fully saturated rings. The lowest BCUT2D eigenvalue weighted by Gasteiger charge is -2.16. The first-order valence-corrected chi connectivity index (χ1v) is 9.05. The molecule has 4 aromatic rings. The van der Waals surface area contributed by atoms with Crippen LogP contribution in [0.25, 0.3) is 11.0 Å². The highest BCUT2D eigenvalue weighted by Gasteiger charge is 2.20. The van der Waals surface area contributed by atoms with Crippen molar-refractivity contribution >= 4 is 33.4 Å². The highest BCUT2D eigenvalue weighted by Crippen LogP contribution is 2.23. The molecule has 0 saturated carbocycles. The van der Waals surface area contributed by atoms with Gasteiger partial charge in [-0.3, -0.25) is 9.69 Å². The van der Waals surface area contributed by atoms with Crippen LogP contribution in [0.4, 0.5) is 5.13 Å². The Balaban J connectivity index is 1.57. The Kier molecular flexibility index (Phi) is 4.40. The van der Waals surface area contributed by atoms with Gasteiger partial charge in [0.05, 0.1) is 12.1 Å². The summed E-state index contributed by atoms with van der Waals surface area (Å²) in [6, 6.07) is 17.0. The van der Waals surface area contributed by atoms with Crippen molar-refractivity contribution in [2.24, 2.45) is 0 Å². The van der Waals surface area contributed by atoms with E-state index in [0.717, 1.165) is 16.0 Å². The first-order chi connectivity index (χ1) is 12.8. The van der Waals surface area contributed by atoms with Crippen molar-refractivity contribution in [3.63, 3.8) is 0 Å². The van der Waals surface area contributed by atoms with Crippen molar-refractivity contribution in [1.82, 2.24) is 25.2 Å². The molecule has 0 aliphatic carbocycles. The molecule has 130 valence electrons. The Labute approximate surface area is 153 Å². The molecule has 2 heterocycles. The Morgan fingerprint density at radius 2 is 1.81 bits per heavy atom. The van der Waals surface area contributed by atoms with Gasteiger partial charge in [0.2, 0.25) is 5.13 Å². The molecule has 0 bridgehead atoms. The van der Waals surface area contributed by atoms with Crippen molar-refractivity contribution < 1.29 is 4.79 Å². The maximum absolute atomic E-state index is 12.7. The average Bonchev–Trinajstić information content (AvgIpc) is 3.31. The molecule has 0 radical (unpaired) electrons. The molecular formula is C18H16N6OS. The summed E-state index contributed by atoms with van der Waals surface area (Å²) in [5, 5.41) is 18.1. The summed E-state index contributed by atoms with van der Waals surface area (Å²) in [6.45, 7) is 2.91. The van der Waals surface area contributed by atoms with Crippen molar-refractivity contribution in [2.75, 3.05) is 11.4 Å². The van der Waals surface area contributed by atoms with E-state index in [1.807, 2.05) is 49.4 Å². The van der Waals surface area contributed by atoms with Crippen molar-refractivity contribution in [1.29, 1.82) is 0 Å². The maximum Gasteiger partial charge on any atom is 0.260 e. The quantitative estimate of drug-likeness (QED) is 0.544. The van der Waals surface area contributed by atoms with Crippen LogP contribution in [-0.2, 0) is 6.54 Å². The molecule has 4 rings (SSSR count). The maximum atomic E-state index is 12.7. The van der Waals surface area contributed by atoms with Gasteiger partial charge in [-0.2, -0.15) is 0 Å². The SMILES string of the molecule is CCN(C(=O)c1ccccc1)c1nnc(Cn2nnc3ccccc32)s1. The lowest BCUT2D eigenvalue weighted by atomic mass is 10.2. The van der Waals surface area contributed by atoms with Crippen LogP contribution >= 0.6 is 11.3 Å².